The van der Waals surface area contributed by atoms with Gasteiger partial charge in [-0.3, -0.25) is 9.59 Å². The minimum atomic E-state index is 0.0912. The molecule has 1 fully saturated rings. The van der Waals surface area contributed by atoms with E-state index in [1.165, 1.54) is 0 Å². The van der Waals surface area contributed by atoms with Gasteiger partial charge in [-0.15, -0.1) is 0 Å². The largest absolute Gasteiger partial charge is 0.342 e. The van der Waals surface area contributed by atoms with Crippen molar-refractivity contribution in [1.29, 1.82) is 0 Å². The van der Waals surface area contributed by atoms with E-state index in [2.05, 4.69) is 0 Å². The van der Waals surface area contributed by atoms with Crippen molar-refractivity contribution in [2.24, 2.45) is 5.92 Å². The summed E-state index contributed by atoms with van der Waals surface area (Å²) in [6, 6.07) is 5.46. The van der Waals surface area contributed by atoms with E-state index >= 15 is 0 Å². The van der Waals surface area contributed by atoms with Crippen LogP contribution in [0.4, 0.5) is 0 Å². The van der Waals surface area contributed by atoms with E-state index in [4.69, 9.17) is 0 Å². The Morgan fingerprint density at radius 1 is 1.29 bits per heavy atom. The Morgan fingerprint density at radius 3 is 2.88 bits per heavy atom. The van der Waals surface area contributed by atoms with Crippen molar-refractivity contribution in [2.75, 3.05) is 13.1 Å². The molecule has 0 saturated carbocycles. The number of rotatable bonds is 0. The topological polar surface area (TPSA) is 42.3 Å². The minimum Gasteiger partial charge on any atom is -0.342 e. The fourth-order valence-corrected chi connectivity index (χ4v) is 3.15. The van der Waals surface area contributed by atoms with Crippen LogP contribution in [0.15, 0.2) is 23.0 Å². The van der Waals surface area contributed by atoms with Gasteiger partial charge in [-0.1, -0.05) is 6.07 Å². The van der Waals surface area contributed by atoms with Gasteiger partial charge in [0, 0.05) is 44.2 Å². The van der Waals surface area contributed by atoms with Gasteiger partial charge < -0.3 is 9.47 Å². The third-order valence-corrected chi connectivity index (χ3v) is 3.93. The number of likely N-dealkylation sites (tertiary alicyclic amines) is 1. The zero-order valence-electron chi connectivity index (χ0n) is 9.93. The highest BCUT2D eigenvalue weighted by atomic mass is 16.2. The summed E-state index contributed by atoms with van der Waals surface area (Å²) in [5.41, 5.74) is 1.19. The molecular formula is C13H16N2O2. The number of carbonyl (C=O) groups is 1. The van der Waals surface area contributed by atoms with Crippen molar-refractivity contribution in [3.05, 3.63) is 34.2 Å². The van der Waals surface area contributed by atoms with Crippen LogP contribution < -0.4 is 5.56 Å². The molecule has 2 aliphatic heterocycles. The van der Waals surface area contributed by atoms with Gasteiger partial charge in [-0.25, -0.2) is 0 Å². The highest BCUT2D eigenvalue weighted by Gasteiger charge is 2.35. The molecule has 2 atom stereocenters. The quantitative estimate of drug-likeness (QED) is 0.664. The van der Waals surface area contributed by atoms with Crippen LogP contribution in [0, 0.1) is 5.92 Å². The van der Waals surface area contributed by atoms with Gasteiger partial charge in [0.1, 0.15) is 0 Å². The zero-order valence-corrected chi connectivity index (χ0v) is 9.93. The molecule has 1 saturated heterocycles. The molecule has 3 heterocycles. The molecule has 0 N–H and O–H groups in total. The SMILES string of the molecule is CC(=O)N1C[C@@H]2C[C@H](C1)c1cccc(=O)n1C2. The van der Waals surface area contributed by atoms with Crippen molar-refractivity contribution in [3.63, 3.8) is 0 Å². The maximum atomic E-state index is 11.8. The van der Waals surface area contributed by atoms with Crippen LogP contribution in [0.25, 0.3) is 0 Å². The molecule has 2 aliphatic rings. The number of carbonyl (C=O) groups excluding carboxylic acids is 1. The van der Waals surface area contributed by atoms with Crippen molar-refractivity contribution in [3.8, 4) is 0 Å². The predicted molar refractivity (Wildman–Crippen MR) is 63.8 cm³/mol. The second kappa shape index (κ2) is 3.72. The van der Waals surface area contributed by atoms with Crippen molar-refractivity contribution in [2.45, 2.75) is 25.8 Å². The molecule has 2 bridgehead atoms. The lowest BCUT2D eigenvalue weighted by atomic mass is 9.83. The number of piperidine rings is 1. The zero-order chi connectivity index (χ0) is 12.0. The molecule has 3 rings (SSSR count). The number of aromatic nitrogens is 1. The number of hydrogen-bond donors (Lipinski definition) is 0. The smallest absolute Gasteiger partial charge is 0.250 e. The fourth-order valence-electron chi connectivity index (χ4n) is 3.15. The van der Waals surface area contributed by atoms with Gasteiger partial charge in [-0.05, 0) is 18.4 Å². The Kier molecular flexibility index (Phi) is 2.31. The standard InChI is InChI=1S/C13H16N2O2/c1-9(16)14-6-10-5-11(8-14)12-3-2-4-13(17)15(12)7-10/h2-4,10-11H,5-8H2,1H3/t10-,11+/m0/s1. The van der Waals surface area contributed by atoms with Gasteiger partial charge in [0.2, 0.25) is 5.91 Å². The Hall–Kier alpha value is -1.58. The lowest BCUT2D eigenvalue weighted by molar-refractivity contribution is -0.131. The fraction of sp³-hybridized carbons (Fsp3) is 0.538. The molecule has 0 aromatic carbocycles. The first-order valence-corrected chi connectivity index (χ1v) is 6.10. The molecular weight excluding hydrogens is 216 g/mol. The summed E-state index contributed by atoms with van der Waals surface area (Å²) in [6.45, 7) is 3.94. The Labute approximate surface area is 99.9 Å². The summed E-state index contributed by atoms with van der Waals surface area (Å²) in [5, 5.41) is 0. The summed E-state index contributed by atoms with van der Waals surface area (Å²) >= 11 is 0. The maximum absolute atomic E-state index is 11.8. The lowest BCUT2D eigenvalue weighted by Gasteiger charge is -2.42. The molecule has 4 heteroatoms. The summed E-state index contributed by atoms with van der Waals surface area (Å²) in [4.78, 5) is 25.2. The highest BCUT2D eigenvalue weighted by molar-refractivity contribution is 5.73. The van der Waals surface area contributed by atoms with E-state index in [0.29, 0.717) is 11.8 Å². The molecule has 1 aromatic rings. The second-order valence-corrected chi connectivity index (χ2v) is 5.12. The van der Waals surface area contributed by atoms with Crippen LogP contribution in [-0.2, 0) is 11.3 Å². The average Bonchev–Trinajstić information content (AvgIpc) is 2.30. The monoisotopic (exact) mass is 232 g/mol. The number of pyridine rings is 1. The van der Waals surface area contributed by atoms with Gasteiger partial charge in [0.05, 0.1) is 0 Å². The van der Waals surface area contributed by atoms with Crippen molar-refractivity contribution < 1.29 is 4.79 Å². The summed E-state index contributed by atoms with van der Waals surface area (Å²) in [7, 11) is 0. The van der Waals surface area contributed by atoms with E-state index < -0.39 is 0 Å². The number of nitrogens with zero attached hydrogens (tertiary/aromatic N) is 2. The summed E-state index contributed by atoms with van der Waals surface area (Å²) in [5.74, 6) is 0.914. The predicted octanol–water partition coefficient (Wildman–Crippen LogP) is 0.814. The van der Waals surface area contributed by atoms with Gasteiger partial charge in [0.25, 0.3) is 5.56 Å². The number of amides is 1. The third kappa shape index (κ3) is 1.68. The summed E-state index contributed by atoms with van der Waals surface area (Å²) in [6.07, 6.45) is 1.10. The minimum absolute atomic E-state index is 0.0912. The van der Waals surface area contributed by atoms with Crippen molar-refractivity contribution in [1.82, 2.24) is 9.47 Å². The van der Waals surface area contributed by atoms with Crippen LogP contribution in [0.2, 0.25) is 0 Å². The molecule has 0 aliphatic carbocycles. The first kappa shape index (κ1) is 10.6. The second-order valence-electron chi connectivity index (χ2n) is 5.12. The molecule has 0 radical (unpaired) electrons. The molecule has 4 nitrogen and oxygen atoms in total. The maximum Gasteiger partial charge on any atom is 0.250 e. The van der Waals surface area contributed by atoms with Gasteiger partial charge in [-0.2, -0.15) is 0 Å². The first-order valence-electron chi connectivity index (χ1n) is 6.10. The van der Waals surface area contributed by atoms with Crippen LogP contribution in [0.3, 0.4) is 0 Å². The molecule has 90 valence electrons. The van der Waals surface area contributed by atoms with E-state index in [1.807, 2.05) is 21.6 Å². The van der Waals surface area contributed by atoms with Crippen molar-refractivity contribution >= 4 is 5.91 Å². The van der Waals surface area contributed by atoms with Crippen LogP contribution in [-0.4, -0.2) is 28.5 Å². The molecule has 1 amide bonds. The molecule has 0 spiro atoms. The molecule has 0 unspecified atom stereocenters. The van der Waals surface area contributed by atoms with Crippen LogP contribution >= 0.6 is 0 Å². The summed E-state index contributed by atoms with van der Waals surface area (Å²) < 4.78 is 1.89. The lowest BCUT2D eigenvalue weighted by Crippen LogP contribution is -2.48. The molecule has 1 aromatic heterocycles. The number of hydrogen-bond acceptors (Lipinski definition) is 2. The third-order valence-electron chi connectivity index (χ3n) is 3.93. The Morgan fingerprint density at radius 2 is 2.12 bits per heavy atom. The van der Waals surface area contributed by atoms with Gasteiger partial charge >= 0.3 is 0 Å². The van der Waals surface area contributed by atoms with Crippen LogP contribution in [0.1, 0.15) is 25.0 Å². The first-order chi connectivity index (χ1) is 8.15. The van der Waals surface area contributed by atoms with E-state index in [9.17, 15) is 9.59 Å². The van der Waals surface area contributed by atoms with Crippen LogP contribution in [0.5, 0.6) is 0 Å². The normalized spacial score (nSPS) is 26.5. The average molecular weight is 232 g/mol. The Balaban J connectivity index is 2.01. The highest BCUT2D eigenvalue weighted by Crippen LogP contribution is 2.34. The van der Waals surface area contributed by atoms with E-state index in [1.54, 1.807) is 13.0 Å². The Bertz CT molecular complexity index is 520. The van der Waals surface area contributed by atoms with E-state index in [0.717, 1.165) is 31.7 Å². The van der Waals surface area contributed by atoms with Gasteiger partial charge in [0.15, 0.2) is 0 Å². The number of fused-ring (bicyclic) bond motifs is 4. The molecule has 17 heavy (non-hydrogen) atoms. The van der Waals surface area contributed by atoms with E-state index in [-0.39, 0.29) is 11.5 Å².